The van der Waals surface area contributed by atoms with Gasteiger partial charge in [-0.05, 0) is 18.0 Å². The Bertz CT molecular complexity index is 549. The third kappa shape index (κ3) is 2.57. The summed E-state index contributed by atoms with van der Waals surface area (Å²) in [6.45, 7) is 0. The monoisotopic (exact) mass is 234 g/mol. The molecule has 0 aromatic heterocycles. The fourth-order valence-electron chi connectivity index (χ4n) is 1.18. The van der Waals surface area contributed by atoms with Crippen molar-refractivity contribution in [3.05, 3.63) is 35.2 Å². The number of nitriles is 1. The van der Waals surface area contributed by atoms with Gasteiger partial charge in [0.25, 0.3) is 0 Å². The number of benzene rings is 1. The van der Waals surface area contributed by atoms with Crippen molar-refractivity contribution in [2.45, 2.75) is 17.7 Å². The normalized spacial score (nSPS) is 10.2. The summed E-state index contributed by atoms with van der Waals surface area (Å²) in [5, 5.41) is 15.4. The molecule has 0 amide bonds. The van der Waals surface area contributed by atoms with Gasteiger partial charge in [-0.25, -0.2) is 8.42 Å². The molecule has 0 atom stereocenters. The molecule has 1 aromatic rings. The number of nitrogens with one attached hydrogen (secondary N) is 1. The molecule has 0 heterocycles. The van der Waals surface area contributed by atoms with Gasteiger partial charge < -0.3 is 0 Å². The van der Waals surface area contributed by atoms with E-state index in [1.165, 1.54) is 12.1 Å². The van der Waals surface area contributed by atoms with Crippen LogP contribution >= 0.6 is 0 Å². The SMILES string of the molecule is N#CCCC(=C=N)S(=O)(=O)c1ccccc1. The van der Waals surface area contributed by atoms with Crippen LogP contribution in [0, 0.1) is 16.7 Å². The van der Waals surface area contributed by atoms with Gasteiger partial charge in [-0.1, -0.05) is 18.2 Å². The summed E-state index contributed by atoms with van der Waals surface area (Å²) in [4.78, 5) is -0.0251. The Morgan fingerprint density at radius 2 is 1.94 bits per heavy atom. The average Bonchev–Trinajstić information content (AvgIpc) is 2.31. The predicted molar refractivity (Wildman–Crippen MR) is 59.7 cm³/mol. The Morgan fingerprint density at radius 1 is 1.31 bits per heavy atom. The number of hydrogen-bond donors (Lipinski definition) is 1. The van der Waals surface area contributed by atoms with Crippen LogP contribution in [0.25, 0.3) is 0 Å². The Labute approximate surface area is 94.3 Å². The molecule has 0 radical (unpaired) electrons. The van der Waals surface area contributed by atoms with E-state index in [1.54, 1.807) is 18.2 Å². The van der Waals surface area contributed by atoms with Crippen molar-refractivity contribution in [1.82, 2.24) is 0 Å². The largest absolute Gasteiger partial charge is 0.258 e. The van der Waals surface area contributed by atoms with E-state index in [0.29, 0.717) is 0 Å². The van der Waals surface area contributed by atoms with E-state index in [2.05, 4.69) is 0 Å². The van der Waals surface area contributed by atoms with Crippen LogP contribution < -0.4 is 0 Å². The highest BCUT2D eigenvalue weighted by Crippen LogP contribution is 2.20. The first-order valence-electron chi connectivity index (χ1n) is 4.58. The van der Waals surface area contributed by atoms with Crippen LogP contribution in [0.1, 0.15) is 12.8 Å². The molecule has 0 unspecified atom stereocenters. The maximum absolute atomic E-state index is 11.9. The summed E-state index contributed by atoms with van der Waals surface area (Å²) in [5.41, 5.74) is 0. The number of sulfone groups is 1. The highest BCUT2D eigenvalue weighted by Gasteiger charge is 2.19. The second-order valence-electron chi connectivity index (χ2n) is 3.02. The van der Waals surface area contributed by atoms with Crippen molar-refractivity contribution >= 4 is 15.7 Å². The van der Waals surface area contributed by atoms with Crippen molar-refractivity contribution in [2.75, 3.05) is 0 Å². The maximum Gasteiger partial charge on any atom is 0.211 e. The average molecular weight is 234 g/mol. The number of rotatable bonds is 4. The first-order chi connectivity index (χ1) is 7.62. The van der Waals surface area contributed by atoms with Gasteiger partial charge in [0.2, 0.25) is 9.84 Å². The predicted octanol–water partition coefficient (Wildman–Crippen LogP) is 1.90. The third-order valence-corrected chi connectivity index (χ3v) is 3.83. The standard InChI is InChI=1S/C11H10N2O2S/c12-8-4-7-11(9-13)16(14,15)10-5-2-1-3-6-10/h1-3,5-6,13H,4,7H2. The van der Waals surface area contributed by atoms with Gasteiger partial charge in [-0.3, -0.25) is 5.41 Å². The van der Waals surface area contributed by atoms with Gasteiger partial charge in [-0.2, -0.15) is 5.26 Å². The van der Waals surface area contributed by atoms with Crippen molar-refractivity contribution in [3.63, 3.8) is 0 Å². The van der Waals surface area contributed by atoms with Gasteiger partial charge >= 0.3 is 0 Å². The molecule has 1 rings (SSSR count). The molecule has 0 saturated carbocycles. The van der Waals surface area contributed by atoms with Gasteiger partial charge in [-0.15, -0.1) is 0 Å². The van der Waals surface area contributed by atoms with E-state index in [-0.39, 0.29) is 22.6 Å². The zero-order valence-corrected chi connectivity index (χ0v) is 9.29. The zero-order valence-electron chi connectivity index (χ0n) is 8.47. The molecule has 16 heavy (non-hydrogen) atoms. The molecule has 0 saturated heterocycles. The zero-order chi connectivity index (χ0) is 12.0. The number of allylic oxidation sites excluding steroid dienone is 1. The van der Waals surface area contributed by atoms with Crippen LogP contribution in [0.3, 0.4) is 0 Å². The lowest BCUT2D eigenvalue weighted by atomic mass is 10.3. The lowest BCUT2D eigenvalue weighted by molar-refractivity contribution is 0.600. The van der Waals surface area contributed by atoms with Crippen molar-refractivity contribution < 1.29 is 8.42 Å². The highest BCUT2D eigenvalue weighted by molar-refractivity contribution is 7.95. The minimum atomic E-state index is -3.66. The molecule has 0 bridgehead atoms. The fourth-order valence-corrected chi connectivity index (χ4v) is 2.48. The third-order valence-electron chi connectivity index (χ3n) is 1.98. The van der Waals surface area contributed by atoms with Crippen LogP contribution in [0.15, 0.2) is 40.1 Å². The fraction of sp³-hybridized carbons (Fsp3) is 0.182. The summed E-state index contributed by atoms with van der Waals surface area (Å²) in [6, 6.07) is 9.69. The maximum atomic E-state index is 11.9. The first-order valence-corrected chi connectivity index (χ1v) is 6.07. The van der Waals surface area contributed by atoms with Crippen LogP contribution in [0.5, 0.6) is 0 Å². The van der Waals surface area contributed by atoms with Crippen molar-refractivity contribution in [2.24, 2.45) is 0 Å². The summed E-state index contributed by atoms with van der Waals surface area (Å²) in [6.07, 6.45) is 0.0878. The van der Waals surface area contributed by atoms with E-state index in [9.17, 15) is 8.42 Å². The van der Waals surface area contributed by atoms with Crippen LogP contribution in [-0.2, 0) is 9.84 Å². The van der Waals surface area contributed by atoms with Gasteiger partial charge in [0.05, 0.1) is 11.0 Å². The van der Waals surface area contributed by atoms with Crippen molar-refractivity contribution in [1.29, 1.82) is 10.7 Å². The van der Waals surface area contributed by atoms with E-state index in [1.807, 2.05) is 11.9 Å². The molecule has 0 fully saturated rings. The Balaban J connectivity index is 3.13. The minimum Gasteiger partial charge on any atom is -0.258 e. The lowest BCUT2D eigenvalue weighted by Gasteiger charge is -2.04. The minimum absolute atomic E-state index is 0.0250. The summed E-state index contributed by atoms with van der Waals surface area (Å²) in [7, 11) is -3.66. The number of hydrogen-bond acceptors (Lipinski definition) is 4. The van der Waals surface area contributed by atoms with Gasteiger partial charge in [0.15, 0.2) is 0 Å². The van der Waals surface area contributed by atoms with Crippen LogP contribution in [0.4, 0.5) is 0 Å². The summed E-state index contributed by atoms with van der Waals surface area (Å²) in [5.74, 6) is 1.90. The molecule has 0 aliphatic rings. The summed E-state index contributed by atoms with van der Waals surface area (Å²) < 4.78 is 23.9. The number of nitrogens with zero attached hydrogens (tertiary/aromatic N) is 1. The van der Waals surface area contributed by atoms with E-state index in [4.69, 9.17) is 10.7 Å². The highest BCUT2D eigenvalue weighted by atomic mass is 32.2. The van der Waals surface area contributed by atoms with E-state index in [0.717, 1.165) is 0 Å². The smallest absolute Gasteiger partial charge is 0.211 e. The molecule has 1 aromatic carbocycles. The second-order valence-corrected chi connectivity index (χ2v) is 4.99. The van der Waals surface area contributed by atoms with E-state index < -0.39 is 9.84 Å². The molecule has 1 N–H and O–H groups in total. The molecular weight excluding hydrogens is 224 g/mol. The summed E-state index contributed by atoms with van der Waals surface area (Å²) >= 11 is 0. The molecule has 0 aliphatic carbocycles. The van der Waals surface area contributed by atoms with Crippen LogP contribution in [0.2, 0.25) is 0 Å². The van der Waals surface area contributed by atoms with Crippen molar-refractivity contribution in [3.8, 4) is 6.07 Å². The molecule has 0 aliphatic heterocycles. The second kappa shape index (κ2) is 5.26. The van der Waals surface area contributed by atoms with E-state index >= 15 is 0 Å². The Morgan fingerprint density at radius 3 is 2.44 bits per heavy atom. The topological polar surface area (TPSA) is 81.8 Å². The lowest BCUT2D eigenvalue weighted by Crippen LogP contribution is -2.05. The van der Waals surface area contributed by atoms with Crippen LogP contribution in [-0.4, -0.2) is 14.3 Å². The molecule has 5 heteroatoms. The quantitative estimate of drug-likeness (QED) is 0.808. The molecular formula is C11H10N2O2S. The molecule has 82 valence electrons. The Hall–Kier alpha value is -1.89. The Kier molecular flexibility index (Phi) is 4.01. The van der Waals surface area contributed by atoms with Gasteiger partial charge in [0, 0.05) is 12.8 Å². The molecule has 0 spiro atoms. The molecule has 4 nitrogen and oxygen atoms in total. The van der Waals surface area contributed by atoms with Gasteiger partial charge in [0.1, 0.15) is 4.91 Å². The first kappa shape index (κ1) is 12.2.